The first-order chi connectivity index (χ1) is 7.74. The van der Waals surface area contributed by atoms with Gasteiger partial charge in [-0.2, -0.15) is 0 Å². The molecule has 1 unspecified atom stereocenters. The van der Waals surface area contributed by atoms with Crippen LogP contribution >= 0.6 is 0 Å². The van der Waals surface area contributed by atoms with Crippen molar-refractivity contribution >= 4 is 5.78 Å². The van der Waals surface area contributed by atoms with Crippen molar-refractivity contribution in [1.82, 2.24) is 0 Å². The molecule has 16 heavy (non-hydrogen) atoms. The van der Waals surface area contributed by atoms with Crippen molar-refractivity contribution in [2.75, 3.05) is 13.7 Å². The van der Waals surface area contributed by atoms with Gasteiger partial charge in [-0.15, -0.1) is 0 Å². The average molecular weight is 221 g/mol. The summed E-state index contributed by atoms with van der Waals surface area (Å²) in [6.45, 7) is 0.659. The average Bonchev–Trinajstić information content (AvgIpc) is 2.30. The Morgan fingerprint density at radius 3 is 2.69 bits per heavy atom. The number of ketones is 1. The van der Waals surface area contributed by atoms with Crippen LogP contribution in [0.3, 0.4) is 0 Å². The van der Waals surface area contributed by atoms with Crippen molar-refractivity contribution in [2.24, 2.45) is 5.73 Å². The standard InChI is InChI=1S/C13H19NO2/c1-16-9-5-8-12(14)13(15)10-11-6-3-2-4-7-11/h2-4,6-7,12H,5,8-10,14H2,1H3. The number of Topliss-reactive ketones (excluding diaryl/α,β-unsaturated/α-hetero) is 1. The van der Waals surface area contributed by atoms with Gasteiger partial charge in [0.25, 0.3) is 0 Å². The fourth-order valence-electron chi connectivity index (χ4n) is 1.54. The van der Waals surface area contributed by atoms with Crippen LogP contribution in [-0.2, 0) is 16.0 Å². The highest BCUT2D eigenvalue weighted by atomic mass is 16.5. The molecule has 1 aromatic rings. The van der Waals surface area contributed by atoms with Crippen LogP contribution in [0.15, 0.2) is 30.3 Å². The summed E-state index contributed by atoms with van der Waals surface area (Å²) in [4.78, 5) is 11.7. The summed E-state index contributed by atoms with van der Waals surface area (Å²) in [6, 6.07) is 9.32. The van der Waals surface area contributed by atoms with Crippen LogP contribution in [-0.4, -0.2) is 25.5 Å². The van der Waals surface area contributed by atoms with Crippen LogP contribution in [0.1, 0.15) is 18.4 Å². The Kier molecular flexibility index (Phi) is 5.75. The van der Waals surface area contributed by atoms with Gasteiger partial charge in [-0.3, -0.25) is 4.79 Å². The van der Waals surface area contributed by atoms with Crippen molar-refractivity contribution in [2.45, 2.75) is 25.3 Å². The van der Waals surface area contributed by atoms with Crippen LogP contribution < -0.4 is 5.73 Å². The molecule has 0 spiro atoms. The van der Waals surface area contributed by atoms with E-state index in [1.165, 1.54) is 0 Å². The maximum atomic E-state index is 11.7. The third-order valence-corrected chi connectivity index (χ3v) is 2.50. The quantitative estimate of drug-likeness (QED) is 0.711. The van der Waals surface area contributed by atoms with Gasteiger partial charge in [0.1, 0.15) is 0 Å². The highest BCUT2D eigenvalue weighted by molar-refractivity contribution is 5.85. The first kappa shape index (κ1) is 12.9. The molecule has 1 atom stereocenters. The number of methoxy groups -OCH3 is 1. The lowest BCUT2D eigenvalue weighted by molar-refractivity contribution is -0.119. The van der Waals surface area contributed by atoms with Crippen LogP contribution in [0.2, 0.25) is 0 Å². The molecule has 0 aliphatic carbocycles. The Balaban J connectivity index is 2.34. The molecule has 0 fully saturated rings. The summed E-state index contributed by atoms with van der Waals surface area (Å²) < 4.78 is 4.92. The monoisotopic (exact) mass is 221 g/mol. The predicted octanol–water partition coefficient (Wildman–Crippen LogP) is 1.55. The molecular weight excluding hydrogens is 202 g/mol. The minimum absolute atomic E-state index is 0.0994. The lowest BCUT2D eigenvalue weighted by atomic mass is 10.0. The van der Waals surface area contributed by atoms with E-state index in [0.717, 1.165) is 12.0 Å². The molecule has 0 saturated carbocycles. The number of nitrogens with two attached hydrogens (primary N) is 1. The highest BCUT2D eigenvalue weighted by Gasteiger charge is 2.13. The van der Waals surface area contributed by atoms with E-state index in [0.29, 0.717) is 19.4 Å². The molecule has 3 nitrogen and oxygen atoms in total. The Hall–Kier alpha value is -1.19. The molecule has 0 heterocycles. The van der Waals surface area contributed by atoms with Gasteiger partial charge in [-0.1, -0.05) is 30.3 Å². The number of hydrogen-bond donors (Lipinski definition) is 1. The molecule has 0 bridgehead atoms. The summed E-state index contributed by atoms with van der Waals surface area (Å²) in [5.74, 6) is 0.0994. The van der Waals surface area contributed by atoms with E-state index in [2.05, 4.69) is 0 Å². The number of hydrogen-bond acceptors (Lipinski definition) is 3. The largest absolute Gasteiger partial charge is 0.385 e. The second-order valence-corrected chi connectivity index (χ2v) is 3.87. The van der Waals surface area contributed by atoms with Crippen molar-refractivity contribution in [3.05, 3.63) is 35.9 Å². The maximum Gasteiger partial charge on any atom is 0.153 e. The third-order valence-electron chi connectivity index (χ3n) is 2.50. The molecule has 0 aliphatic heterocycles. The zero-order valence-corrected chi connectivity index (χ0v) is 9.69. The molecule has 88 valence electrons. The normalized spacial score (nSPS) is 12.4. The number of carbonyl (C=O) groups is 1. The van der Waals surface area contributed by atoms with E-state index >= 15 is 0 Å². The Labute approximate surface area is 96.6 Å². The van der Waals surface area contributed by atoms with Crippen LogP contribution in [0.4, 0.5) is 0 Å². The summed E-state index contributed by atoms with van der Waals surface area (Å²) in [7, 11) is 1.65. The SMILES string of the molecule is COCCCC(N)C(=O)Cc1ccccc1. The van der Waals surface area contributed by atoms with Gasteiger partial charge in [0.05, 0.1) is 6.04 Å². The molecule has 0 aliphatic rings. The van der Waals surface area contributed by atoms with E-state index in [9.17, 15) is 4.79 Å². The van der Waals surface area contributed by atoms with Crippen LogP contribution in [0.5, 0.6) is 0 Å². The van der Waals surface area contributed by atoms with Crippen molar-refractivity contribution in [1.29, 1.82) is 0 Å². The fourth-order valence-corrected chi connectivity index (χ4v) is 1.54. The second kappa shape index (κ2) is 7.14. The van der Waals surface area contributed by atoms with Crippen molar-refractivity contribution in [3.8, 4) is 0 Å². The van der Waals surface area contributed by atoms with E-state index in [-0.39, 0.29) is 11.8 Å². The second-order valence-electron chi connectivity index (χ2n) is 3.87. The molecule has 0 amide bonds. The van der Waals surface area contributed by atoms with Crippen LogP contribution in [0, 0.1) is 0 Å². The first-order valence-electron chi connectivity index (χ1n) is 5.55. The third kappa shape index (κ3) is 4.55. The minimum atomic E-state index is -0.365. The van der Waals surface area contributed by atoms with Gasteiger partial charge in [-0.05, 0) is 18.4 Å². The maximum absolute atomic E-state index is 11.7. The number of ether oxygens (including phenoxy) is 1. The zero-order chi connectivity index (χ0) is 11.8. The lowest BCUT2D eigenvalue weighted by Crippen LogP contribution is -2.32. The zero-order valence-electron chi connectivity index (χ0n) is 9.69. The van der Waals surface area contributed by atoms with Gasteiger partial charge in [0, 0.05) is 20.1 Å². The number of benzene rings is 1. The van der Waals surface area contributed by atoms with Gasteiger partial charge in [0.2, 0.25) is 0 Å². The highest BCUT2D eigenvalue weighted by Crippen LogP contribution is 2.04. The molecule has 0 aromatic heterocycles. The van der Waals surface area contributed by atoms with Crippen LogP contribution in [0.25, 0.3) is 0 Å². The summed E-state index contributed by atoms with van der Waals surface area (Å²) in [5, 5.41) is 0. The van der Waals surface area contributed by atoms with E-state index in [4.69, 9.17) is 10.5 Å². The van der Waals surface area contributed by atoms with Gasteiger partial charge >= 0.3 is 0 Å². The van der Waals surface area contributed by atoms with Crippen molar-refractivity contribution < 1.29 is 9.53 Å². The first-order valence-corrected chi connectivity index (χ1v) is 5.55. The number of rotatable bonds is 7. The predicted molar refractivity (Wildman–Crippen MR) is 64.2 cm³/mol. The molecular formula is C13H19NO2. The van der Waals surface area contributed by atoms with Gasteiger partial charge < -0.3 is 10.5 Å². The summed E-state index contributed by atoms with van der Waals surface area (Å²) >= 11 is 0. The van der Waals surface area contributed by atoms with Gasteiger partial charge in [0.15, 0.2) is 5.78 Å². The van der Waals surface area contributed by atoms with E-state index < -0.39 is 0 Å². The van der Waals surface area contributed by atoms with E-state index in [1.807, 2.05) is 30.3 Å². The topological polar surface area (TPSA) is 52.3 Å². The Morgan fingerprint density at radius 1 is 1.38 bits per heavy atom. The smallest absolute Gasteiger partial charge is 0.153 e. The molecule has 1 aromatic carbocycles. The molecule has 0 saturated heterocycles. The van der Waals surface area contributed by atoms with Gasteiger partial charge in [-0.25, -0.2) is 0 Å². The fraction of sp³-hybridized carbons (Fsp3) is 0.462. The Morgan fingerprint density at radius 2 is 2.06 bits per heavy atom. The Bertz CT molecular complexity index is 311. The molecule has 0 radical (unpaired) electrons. The molecule has 2 N–H and O–H groups in total. The lowest BCUT2D eigenvalue weighted by Gasteiger charge is -2.10. The molecule has 3 heteroatoms. The van der Waals surface area contributed by atoms with E-state index in [1.54, 1.807) is 7.11 Å². The van der Waals surface area contributed by atoms with Crippen molar-refractivity contribution in [3.63, 3.8) is 0 Å². The summed E-state index contributed by atoms with van der Waals surface area (Å²) in [6.07, 6.45) is 1.95. The number of carbonyl (C=O) groups excluding carboxylic acids is 1. The minimum Gasteiger partial charge on any atom is -0.385 e. The molecule has 1 rings (SSSR count). The summed E-state index contributed by atoms with van der Waals surface area (Å²) in [5.41, 5.74) is 6.82.